The van der Waals surface area contributed by atoms with E-state index in [0.29, 0.717) is 0 Å². The zero-order valence-corrected chi connectivity index (χ0v) is 14.4. The molecule has 2 aromatic carbocycles. The molecule has 25 heavy (non-hydrogen) atoms. The Balaban J connectivity index is 1.71. The van der Waals surface area contributed by atoms with Gasteiger partial charge in [0.05, 0.1) is 12.2 Å². The molecule has 0 spiro atoms. The van der Waals surface area contributed by atoms with Gasteiger partial charge in [0.1, 0.15) is 5.76 Å². The summed E-state index contributed by atoms with van der Waals surface area (Å²) in [5.41, 5.74) is 2.01. The molecule has 1 heterocycles. The van der Waals surface area contributed by atoms with Gasteiger partial charge in [-0.15, -0.1) is 0 Å². The van der Waals surface area contributed by atoms with Crippen LogP contribution in [0.15, 0.2) is 83.5 Å². The number of amides is 1. The van der Waals surface area contributed by atoms with Gasteiger partial charge >= 0.3 is 0 Å². The van der Waals surface area contributed by atoms with E-state index in [2.05, 4.69) is 5.32 Å². The van der Waals surface area contributed by atoms with Crippen molar-refractivity contribution in [3.8, 4) is 0 Å². The van der Waals surface area contributed by atoms with Crippen molar-refractivity contribution in [1.29, 1.82) is 0 Å². The summed E-state index contributed by atoms with van der Waals surface area (Å²) in [4.78, 5) is 13.0. The second kappa shape index (κ2) is 8.34. The molecule has 0 aliphatic heterocycles. The lowest BCUT2D eigenvalue weighted by Crippen LogP contribution is -2.37. The van der Waals surface area contributed by atoms with Crippen molar-refractivity contribution in [2.75, 3.05) is 0 Å². The van der Waals surface area contributed by atoms with Gasteiger partial charge in [-0.25, -0.2) is 0 Å². The zero-order valence-electron chi connectivity index (χ0n) is 14.4. The minimum absolute atomic E-state index is 0.0318. The lowest BCUT2D eigenvalue weighted by Gasteiger charge is -2.21. The van der Waals surface area contributed by atoms with E-state index in [0.717, 1.165) is 29.7 Å². The summed E-state index contributed by atoms with van der Waals surface area (Å²) >= 11 is 0. The summed E-state index contributed by atoms with van der Waals surface area (Å²) in [6, 6.07) is 23.8. The second-order valence-electron chi connectivity index (χ2n) is 6.28. The van der Waals surface area contributed by atoms with Crippen molar-refractivity contribution in [2.24, 2.45) is 0 Å². The molecule has 1 amide bonds. The molecule has 0 aliphatic carbocycles. The molecular formula is C22H23NO2. The first-order valence-electron chi connectivity index (χ1n) is 8.66. The van der Waals surface area contributed by atoms with Crippen LogP contribution >= 0.6 is 0 Å². The van der Waals surface area contributed by atoms with E-state index in [1.165, 1.54) is 0 Å². The number of furan rings is 1. The zero-order chi connectivity index (χ0) is 17.5. The van der Waals surface area contributed by atoms with E-state index in [1.807, 2.05) is 79.7 Å². The average molecular weight is 333 g/mol. The third-order valence-electron chi connectivity index (χ3n) is 4.32. The molecule has 3 rings (SSSR count). The molecule has 1 atom stereocenters. The number of benzene rings is 2. The Kier molecular flexibility index (Phi) is 5.68. The van der Waals surface area contributed by atoms with Crippen LogP contribution < -0.4 is 5.32 Å². The third-order valence-corrected chi connectivity index (χ3v) is 4.32. The van der Waals surface area contributed by atoms with Gasteiger partial charge in [-0.1, -0.05) is 60.7 Å². The van der Waals surface area contributed by atoms with Crippen molar-refractivity contribution < 1.29 is 9.21 Å². The standard InChI is InChI=1S/C22H23NO2/c1-17(14-15-20-13-8-16-25-20)23-22(24)21(18-9-4-2-5-10-18)19-11-6-3-7-12-19/h2-13,16-17,21H,14-15H2,1H3,(H,23,24)/t17-/m1/s1. The predicted octanol–water partition coefficient (Wildman–Crippen LogP) is 4.55. The largest absolute Gasteiger partial charge is 0.469 e. The van der Waals surface area contributed by atoms with Crippen molar-refractivity contribution in [3.63, 3.8) is 0 Å². The van der Waals surface area contributed by atoms with Gasteiger partial charge in [0.2, 0.25) is 5.91 Å². The average Bonchev–Trinajstić information content (AvgIpc) is 3.16. The van der Waals surface area contributed by atoms with Crippen molar-refractivity contribution in [1.82, 2.24) is 5.32 Å². The van der Waals surface area contributed by atoms with Gasteiger partial charge in [0.15, 0.2) is 0 Å². The van der Waals surface area contributed by atoms with E-state index in [-0.39, 0.29) is 17.9 Å². The molecule has 0 bridgehead atoms. The van der Waals surface area contributed by atoms with Gasteiger partial charge in [0.25, 0.3) is 0 Å². The Labute approximate surface area is 148 Å². The van der Waals surface area contributed by atoms with Gasteiger partial charge < -0.3 is 9.73 Å². The maximum Gasteiger partial charge on any atom is 0.232 e. The lowest BCUT2D eigenvalue weighted by molar-refractivity contribution is -0.122. The van der Waals surface area contributed by atoms with Crippen molar-refractivity contribution >= 4 is 5.91 Å². The molecule has 3 nitrogen and oxygen atoms in total. The van der Waals surface area contributed by atoms with Gasteiger partial charge in [-0.2, -0.15) is 0 Å². The molecule has 0 radical (unpaired) electrons. The molecule has 0 aliphatic rings. The quantitative estimate of drug-likeness (QED) is 0.689. The smallest absolute Gasteiger partial charge is 0.232 e. The van der Waals surface area contributed by atoms with Crippen LogP contribution in [0.5, 0.6) is 0 Å². The number of nitrogens with one attached hydrogen (secondary N) is 1. The highest BCUT2D eigenvalue weighted by Gasteiger charge is 2.23. The number of hydrogen-bond donors (Lipinski definition) is 1. The molecule has 0 unspecified atom stereocenters. The van der Waals surface area contributed by atoms with E-state index < -0.39 is 0 Å². The number of carbonyl (C=O) groups excluding carboxylic acids is 1. The SMILES string of the molecule is C[C@H](CCc1ccco1)NC(=O)C(c1ccccc1)c1ccccc1. The van der Waals surface area contributed by atoms with Gasteiger partial charge in [-0.05, 0) is 36.6 Å². The van der Waals surface area contributed by atoms with Gasteiger partial charge in [0, 0.05) is 12.5 Å². The molecule has 0 fully saturated rings. The summed E-state index contributed by atoms with van der Waals surface area (Å²) in [6.45, 7) is 2.04. The highest BCUT2D eigenvalue weighted by atomic mass is 16.3. The van der Waals surface area contributed by atoms with Crippen LogP contribution in [0, 0.1) is 0 Å². The molecule has 0 saturated heterocycles. The summed E-state index contributed by atoms with van der Waals surface area (Å²) in [7, 11) is 0. The van der Waals surface area contributed by atoms with E-state index in [1.54, 1.807) is 6.26 Å². The van der Waals surface area contributed by atoms with Crippen LogP contribution in [-0.2, 0) is 11.2 Å². The van der Waals surface area contributed by atoms with Crippen LogP contribution in [0.25, 0.3) is 0 Å². The molecule has 1 N–H and O–H groups in total. The van der Waals surface area contributed by atoms with E-state index >= 15 is 0 Å². The third kappa shape index (κ3) is 4.60. The minimum atomic E-state index is -0.298. The first-order chi connectivity index (χ1) is 12.2. The normalized spacial score (nSPS) is 12.1. The van der Waals surface area contributed by atoms with Gasteiger partial charge in [-0.3, -0.25) is 4.79 Å². The highest BCUT2D eigenvalue weighted by molar-refractivity contribution is 5.87. The fraction of sp³-hybridized carbons (Fsp3) is 0.227. The van der Waals surface area contributed by atoms with Crippen LogP contribution in [-0.4, -0.2) is 11.9 Å². The van der Waals surface area contributed by atoms with Crippen LogP contribution in [0.2, 0.25) is 0 Å². The monoisotopic (exact) mass is 333 g/mol. The topological polar surface area (TPSA) is 42.2 Å². The summed E-state index contributed by atoms with van der Waals surface area (Å²) in [5, 5.41) is 3.16. The molecule has 128 valence electrons. The lowest BCUT2D eigenvalue weighted by atomic mass is 9.90. The first-order valence-corrected chi connectivity index (χ1v) is 8.66. The fourth-order valence-electron chi connectivity index (χ4n) is 3.00. The van der Waals surface area contributed by atoms with Crippen LogP contribution in [0.1, 0.15) is 36.1 Å². The maximum absolute atomic E-state index is 13.0. The number of aryl methyl sites for hydroxylation is 1. The molecule has 3 heteroatoms. The van der Waals surface area contributed by atoms with Crippen molar-refractivity contribution in [2.45, 2.75) is 31.7 Å². The number of hydrogen-bond acceptors (Lipinski definition) is 2. The fourth-order valence-corrected chi connectivity index (χ4v) is 3.00. The maximum atomic E-state index is 13.0. The van der Waals surface area contributed by atoms with Crippen molar-refractivity contribution in [3.05, 3.63) is 95.9 Å². The molecule has 3 aromatic rings. The summed E-state index contributed by atoms with van der Waals surface area (Å²) in [5.74, 6) is 0.682. The first kappa shape index (κ1) is 17.0. The van der Waals surface area contributed by atoms with E-state index in [4.69, 9.17) is 4.42 Å². The second-order valence-corrected chi connectivity index (χ2v) is 6.28. The van der Waals surface area contributed by atoms with Crippen LogP contribution in [0.3, 0.4) is 0 Å². The van der Waals surface area contributed by atoms with Crippen LogP contribution in [0.4, 0.5) is 0 Å². The molecule has 0 saturated carbocycles. The Morgan fingerprint density at radius 3 is 2.04 bits per heavy atom. The minimum Gasteiger partial charge on any atom is -0.469 e. The summed E-state index contributed by atoms with van der Waals surface area (Å²) in [6.07, 6.45) is 3.34. The predicted molar refractivity (Wildman–Crippen MR) is 99.4 cm³/mol. The number of carbonyl (C=O) groups is 1. The highest BCUT2D eigenvalue weighted by Crippen LogP contribution is 2.25. The Morgan fingerprint density at radius 1 is 0.920 bits per heavy atom. The molecule has 1 aromatic heterocycles. The molecular weight excluding hydrogens is 310 g/mol. The Morgan fingerprint density at radius 2 is 1.52 bits per heavy atom. The Bertz CT molecular complexity index is 727. The Hall–Kier alpha value is -2.81. The van der Waals surface area contributed by atoms with E-state index in [9.17, 15) is 4.79 Å². The number of rotatable bonds is 7. The summed E-state index contributed by atoms with van der Waals surface area (Å²) < 4.78 is 5.36.